The third-order valence-corrected chi connectivity index (χ3v) is 2.31. The molecule has 1 rings (SSSR count). The number of aryl methyl sites for hydroxylation is 1. The van der Waals surface area contributed by atoms with Gasteiger partial charge in [0.1, 0.15) is 5.82 Å². The molecule has 0 saturated carbocycles. The summed E-state index contributed by atoms with van der Waals surface area (Å²) in [6, 6.07) is 3.15. The van der Waals surface area contributed by atoms with Crippen LogP contribution in [0.15, 0.2) is 16.6 Å². The van der Waals surface area contributed by atoms with Crippen LogP contribution in [0, 0.1) is 12.7 Å². The summed E-state index contributed by atoms with van der Waals surface area (Å²) in [5, 5.41) is 2.70. The van der Waals surface area contributed by atoms with Crippen molar-refractivity contribution in [3.8, 4) is 0 Å². The van der Waals surface area contributed by atoms with Crippen LogP contribution in [0.5, 0.6) is 0 Å². The molecule has 0 radical (unpaired) electrons. The molecule has 4 heteroatoms. The van der Waals surface area contributed by atoms with E-state index >= 15 is 0 Å². The van der Waals surface area contributed by atoms with E-state index in [2.05, 4.69) is 21.2 Å². The molecular weight excluding hydrogens is 249 g/mol. The minimum atomic E-state index is -0.437. The van der Waals surface area contributed by atoms with Gasteiger partial charge in [0.25, 0.3) is 0 Å². The third kappa shape index (κ3) is 2.39. The van der Waals surface area contributed by atoms with E-state index in [4.69, 9.17) is 0 Å². The molecule has 0 spiro atoms. The van der Waals surface area contributed by atoms with Crippen molar-refractivity contribution >= 4 is 21.7 Å². The monoisotopic (exact) mass is 259 g/mol. The second-order valence-corrected chi connectivity index (χ2v) is 3.95. The maximum atomic E-state index is 13.5. The number of hydrogen-bond donors (Lipinski definition) is 1. The molecule has 0 unspecified atom stereocenters. The predicted molar refractivity (Wildman–Crippen MR) is 57.1 cm³/mol. The first kappa shape index (κ1) is 11.3. The summed E-state index contributed by atoms with van der Waals surface area (Å²) in [6.45, 7) is 1.78. The van der Waals surface area contributed by atoms with Gasteiger partial charge in [-0.3, -0.25) is 4.79 Å². The third-order valence-electron chi connectivity index (χ3n) is 1.86. The normalized spacial score (nSPS) is 10.3. The summed E-state index contributed by atoms with van der Waals surface area (Å²) in [7, 11) is 1.65. The molecular formula is C10H11BrFNO. The van der Waals surface area contributed by atoms with Crippen LogP contribution in [0.4, 0.5) is 4.39 Å². The number of hydrogen-bond acceptors (Lipinski definition) is 2. The molecule has 1 aromatic carbocycles. The van der Waals surface area contributed by atoms with Crippen LogP contribution in [-0.4, -0.2) is 19.4 Å². The van der Waals surface area contributed by atoms with Gasteiger partial charge in [-0.15, -0.1) is 0 Å². The number of nitrogens with one attached hydrogen (secondary N) is 1. The smallest absolute Gasteiger partial charge is 0.179 e. The molecule has 1 aromatic rings. The van der Waals surface area contributed by atoms with E-state index in [0.29, 0.717) is 5.56 Å². The first-order chi connectivity index (χ1) is 6.56. The lowest BCUT2D eigenvalue weighted by Crippen LogP contribution is -2.19. The quantitative estimate of drug-likeness (QED) is 0.845. The van der Waals surface area contributed by atoms with Crippen molar-refractivity contribution in [3.63, 3.8) is 0 Å². The molecule has 0 saturated heterocycles. The SMILES string of the molecule is CNCC(=O)c1cc(Br)cc(C)c1F. The molecule has 2 nitrogen and oxygen atoms in total. The predicted octanol–water partition coefficient (Wildman–Crippen LogP) is 2.30. The summed E-state index contributed by atoms with van der Waals surface area (Å²) in [4.78, 5) is 11.4. The maximum Gasteiger partial charge on any atom is 0.179 e. The van der Waals surface area contributed by atoms with Gasteiger partial charge < -0.3 is 5.32 Å². The highest BCUT2D eigenvalue weighted by molar-refractivity contribution is 9.10. The molecule has 0 fully saturated rings. The molecule has 76 valence electrons. The van der Waals surface area contributed by atoms with E-state index in [1.54, 1.807) is 20.0 Å². The number of carbonyl (C=O) groups excluding carboxylic acids is 1. The van der Waals surface area contributed by atoms with E-state index < -0.39 is 5.82 Å². The first-order valence-electron chi connectivity index (χ1n) is 4.19. The van der Waals surface area contributed by atoms with Crippen molar-refractivity contribution in [2.75, 3.05) is 13.6 Å². The average molecular weight is 260 g/mol. The van der Waals surface area contributed by atoms with Crippen LogP contribution in [0.1, 0.15) is 15.9 Å². The maximum absolute atomic E-state index is 13.5. The Morgan fingerprint density at radius 1 is 1.57 bits per heavy atom. The van der Waals surface area contributed by atoms with Gasteiger partial charge in [-0.05, 0) is 31.7 Å². The number of ketones is 1. The van der Waals surface area contributed by atoms with E-state index in [0.717, 1.165) is 4.47 Å². The van der Waals surface area contributed by atoms with Crippen molar-refractivity contribution in [3.05, 3.63) is 33.5 Å². The van der Waals surface area contributed by atoms with Gasteiger partial charge in [0.15, 0.2) is 5.78 Å². The molecule has 0 amide bonds. The van der Waals surface area contributed by atoms with Crippen molar-refractivity contribution in [1.82, 2.24) is 5.32 Å². The highest BCUT2D eigenvalue weighted by atomic mass is 79.9. The number of halogens is 2. The lowest BCUT2D eigenvalue weighted by atomic mass is 10.1. The molecule has 1 N–H and O–H groups in total. The Morgan fingerprint density at radius 3 is 2.79 bits per heavy atom. The minimum absolute atomic E-state index is 0.131. The summed E-state index contributed by atoms with van der Waals surface area (Å²) < 4.78 is 14.2. The summed E-state index contributed by atoms with van der Waals surface area (Å²) in [5.41, 5.74) is 0.602. The van der Waals surface area contributed by atoms with E-state index in [-0.39, 0.29) is 17.9 Å². The van der Waals surface area contributed by atoms with Gasteiger partial charge in [0.2, 0.25) is 0 Å². The van der Waals surface area contributed by atoms with Gasteiger partial charge in [0.05, 0.1) is 12.1 Å². The van der Waals surface area contributed by atoms with Crippen molar-refractivity contribution in [2.45, 2.75) is 6.92 Å². The Labute approximate surface area is 90.6 Å². The van der Waals surface area contributed by atoms with Crippen LogP contribution in [0.3, 0.4) is 0 Å². The molecule has 0 aliphatic heterocycles. The molecule has 0 bridgehead atoms. The molecule has 0 aliphatic carbocycles. The van der Waals surface area contributed by atoms with Gasteiger partial charge in [-0.1, -0.05) is 15.9 Å². The fourth-order valence-electron chi connectivity index (χ4n) is 1.18. The summed E-state index contributed by atoms with van der Waals surface area (Å²) >= 11 is 3.23. The Kier molecular flexibility index (Phi) is 3.77. The van der Waals surface area contributed by atoms with Crippen LogP contribution < -0.4 is 5.32 Å². The Balaban J connectivity index is 3.13. The summed E-state index contributed by atoms with van der Waals surface area (Å²) in [5.74, 6) is -0.678. The van der Waals surface area contributed by atoms with Gasteiger partial charge >= 0.3 is 0 Å². The largest absolute Gasteiger partial charge is 0.313 e. The molecule has 0 aliphatic rings. The zero-order chi connectivity index (χ0) is 10.7. The van der Waals surface area contributed by atoms with Gasteiger partial charge in [-0.2, -0.15) is 0 Å². The number of rotatable bonds is 3. The highest BCUT2D eigenvalue weighted by Crippen LogP contribution is 2.19. The zero-order valence-corrected chi connectivity index (χ0v) is 9.61. The van der Waals surface area contributed by atoms with Crippen molar-refractivity contribution in [2.24, 2.45) is 0 Å². The molecule has 14 heavy (non-hydrogen) atoms. The number of likely N-dealkylation sites (N-methyl/N-ethyl adjacent to an activating group) is 1. The van der Waals surface area contributed by atoms with Crippen LogP contribution in [0.2, 0.25) is 0 Å². The first-order valence-corrected chi connectivity index (χ1v) is 4.99. The summed E-state index contributed by atoms with van der Waals surface area (Å²) in [6.07, 6.45) is 0. The van der Waals surface area contributed by atoms with Crippen LogP contribution in [-0.2, 0) is 0 Å². The number of Topliss-reactive ketones (excluding diaryl/α,β-unsaturated/α-hetero) is 1. The fraction of sp³-hybridized carbons (Fsp3) is 0.300. The number of benzene rings is 1. The van der Waals surface area contributed by atoms with Gasteiger partial charge in [0, 0.05) is 4.47 Å². The van der Waals surface area contributed by atoms with E-state index in [1.807, 2.05) is 0 Å². The van der Waals surface area contributed by atoms with E-state index in [1.165, 1.54) is 6.07 Å². The Bertz CT molecular complexity index is 365. The van der Waals surface area contributed by atoms with Crippen molar-refractivity contribution in [1.29, 1.82) is 0 Å². The van der Waals surface area contributed by atoms with Crippen LogP contribution >= 0.6 is 15.9 Å². The van der Waals surface area contributed by atoms with E-state index in [9.17, 15) is 9.18 Å². The van der Waals surface area contributed by atoms with Crippen LogP contribution in [0.25, 0.3) is 0 Å². The average Bonchev–Trinajstić information content (AvgIpc) is 2.11. The molecule has 0 heterocycles. The molecule has 0 atom stereocenters. The Hall–Kier alpha value is -0.740. The fourth-order valence-corrected chi connectivity index (χ4v) is 1.76. The van der Waals surface area contributed by atoms with Crippen molar-refractivity contribution < 1.29 is 9.18 Å². The standard InChI is InChI=1S/C10H11BrFNO/c1-6-3-7(11)4-8(10(6)12)9(14)5-13-2/h3-4,13H,5H2,1-2H3. The minimum Gasteiger partial charge on any atom is -0.313 e. The lowest BCUT2D eigenvalue weighted by Gasteiger charge is -2.05. The second-order valence-electron chi connectivity index (χ2n) is 3.04. The lowest BCUT2D eigenvalue weighted by molar-refractivity contribution is 0.0989. The van der Waals surface area contributed by atoms with Gasteiger partial charge in [-0.25, -0.2) is 4.39 Å². The topological polar surface area (TPSA) is 29.1 Å². The number of carbonyl (C=O) groups is 1. The second kappa shape index (κ2) is 4.66. The Morgan fingerprint density at radius 2 is 2.21 bits per heavy atom. The molecule has 0 aromatic heterocycles. The highest BCUT2D eigenvalue weighted by Gasteiger charge is 2.13. The zero-order valence-electron chi connectivity index (χ0n) is 8.03.